The van der Waals surface area contributed by atoms with Gasteiger partial charge in [-0.3, -0.25) is 4.79 Å². The second-order valence-electron chi connectivity index (χ2n) is 13.4. The fourth-order valence-corrected chi connectivity index (χ4v) is 10.4. The quantitative estimate of drug-likeness (QED) is 0.278. The Bertz CT molecular complexity index is 930. The van der Waals surface area contributed by atoms with E-state index in [9.17, 15) is 4.79 Å². The van der Waals surface area contributed by atoms with E-state index in [-0.39, 0.29) is 17.1 Å². The predicted octanol–water partition coefficient (Wildman–Crippen LogP) is 7.27. The van der Waals surface area contributed by atoms with Crippen LogP contribution in [0.25, 0.3) is 0 Å². The molecule has 0 N–H and O–H groups in total. The molecule has 1 aliphatic carbocycles. The van der Waals surface area contributed by atoms with Crippen molar-refractivity contribution in [3.05, 3.63) is 60.7 Å². The smallest absolute Gasteiger partial charge is 0.312 e. The van der Waals surface area contributed by atoms with Gasteiger partial charge in [0.1, 0.15) is 5.60 Å². The molecule has 36 heavy (non-hydrogen) atoms. The lowest BCUT2D eigenvalue weighted by Crippen LogP contribution is -2.67. The topological polar surface area (TPSA) is 35.5 Å². The molecule has 0 aromatic heterocycles. The first-order chi connectivity index (χ1) is 16.7. The van der Waals surface area contributed by atoms with Crippen molar-refractivity contribution in [1.29, 1.82) is 0 Å². The van der Waals surface area contributed by atoms with E-state index in [1.54, 1.807) is 0 Å². The molecule has 0 radical (unpaired) electrons. The van der Waals surface area contributed by atoms with Crippen LogP contribution in [0.1, 0.15) is 93.9 Å². The zero-order valence-corrected chi connectivity index (χ0v) is 24.9. The van der Waals surface area contributed by atoms with Crippen molar-refractivity contribution < 1.29 is 14.0 Å². The van der Waals surface area contributed by atoms with E-state index in [4.69, 9.17) is 9.16 Å². The molecule has 198 valence electrons. The van der Waals surface area contributed by atoms with Crippen LogP contribution in [0.5, 0.6) is 0 Å². The number of esters is 1. The molecule has 0 saturated heterocycles. The molecule has 2 aromatic rings. The largest absolute Gasteiger partial charge is 0.460 e. The van der Waals surface area contributed by atoms with Crippen molar-refractivity contribution in [3.63, 3.8) is 0 Å². The molecule has 2 atom stereocenters. The number of ether oxygens (including phenoxy) is 1. The average Bonchev–Trinajstić information content (AvgIpc) is 2.81. The third kappa shape index (κ3) is 6.89. The van der Waals surface area contributed by atoms with Gasteiger partial charge in [0, 0.05) is 6.10 Å². The lowest BCUT2D eigenvalue weighted by Gasteiger charge is -2.46. The molecular formula is C32H48O3Si. The number of carbonyl (C=O) groups is 1. The van der Waals surface area contributed by atoms with Crippen molar-refractivity contribution in [2.75, 3.05) is 0 Å². The molecule has 1 saturated carbocycles. The molecule has 1 fully saturated rings. The Balaban J connectivity index is 1.81. The van der Waals surface area contributed by atoms with Crippen molar-refractivity contribution >= 4 is 24.7 Å². The summed E-state index contributed by atoms with van der Waals surface area (Å²) in [5.74, 6) is 0.481. The first kappa shape index (κ1) is 28.7. The Morgan fingerprint density at radius 2 is 1.36 bits per heavy atom. The van der Waals surface area contributed by atoms with Crippen molar-refractivity contribution in [3.8, 4) is 0 Å². The van der Waals surface area contributed by atoms with Gasteiger partial charge >= 0.3 is 5.97 Å². The minimum absolute atomic E-state index is 0.0125. The zero-order chi connectivity index (χ0) is 26.6. The predicted molar refractivity (Wildman–Crippen MR) is 153 cm³/mol. The van der Waals surface area contributed by atoms with Crippen LogP contribution >= 0.6 is 0 Å². The van der Waals surface area contributed by atoms with Crippen molar-refractivity contribution in [1.82, 2.24) is 0 Å². The first-order valence-electron chi connectivity index (χ1n) is 13.8. The van der Waals surface area contributed by atoms with Gasteiger partial charge in [-0.25, -0.2) is 0 Å². The summed E-state index contributed by atoms with van der Waals surface area (Å²) in [6.45, 7) is 16.9. The number of hydrogen-bond donors (Lipinski definition) is 0. The van der Waals surface area contributed by atoms with Crippen LogP contribution < -0.4 is 10.4 Å². The minimum Gasteiger partial charge on any atom is -0.460 e. The summed E-state index contributed by atoms with van der Waals surface area (Å²) in [5, 5.41) is 2.68. The Hall–Kier alpha value is -1.91. The zero-order valence-electron chi connectivity index (χ0n) is 23.9. The van der Waals surface area contributed by atoms with Crippen LogP contribution in [0.4, 0.5) is 0 Å². The van der Waals surface area contributed by atoms with Gasteiger partial charge in [0.25, 0.3) is 8.32 Å². The SMILES string of the molecule is CC(C)(C)OC(=O)C(C)(C)CC[C@@H]1CCC[C@H](O[Si](c2ccccc2)(c2ccccc2)C(C)(C)C)C1. The summed E-state index contributed by atoms with van der Waals surface area (Å²) in [7, 11) is -2.54. The molecular weight excluding hydrogens is 460 g/mol. The second-order valence-corrected chi connectivity index (χ2v) is 17.6. The molecule has 0 aliphatic heterocycles. The van der Waals surface area contributed by atoms with Gasteiger partial charge < -0.3 is 9.16 Å². The standard InChI is InChI=1S/C32H48O3Si/c1-30(2,3)34-29(33)32(7,8)23-22-25-16-15-17-26(24-25)35-36(31(4,5)6,27-18-11-9-12-19-27)28-20-13-10-14-21-28/h9-14,18-21,25-26H,15-17,22-24H2,1-8H3/t25-,26-/m0/s1. The monoisotopic (exact) mass is 508 g/mol. The van der Waals surface area contributed by atoms with Crippen molar-refractivity contribution in [2.24, 2.45) is 11.3 Å². The van der Waals surface area contributed by atoms with Crippen LogP contribution in [0.2, 0.25) is 5.04 Å². The summed E-state index contributed by atoms with van der Waals surface area (Å²) in [6, 6.07) is 21.9. The van der Waals surface area contributed by atoms with E-state index in [1.807, 2.05) is 34.6 Å². The summed E-state index contributed by atoms with van der Waals surface area (Å²) < 4.78 is 13.1. The molecule has 4 heteroatoms. The Morgan fingerprint density at radius 1 is 0.833 bits per heavy atom. The molecule has 0 spiro atoms. The third-order valence-corrected chi connectivity index (χ3v) is 12.7. The van der Waals surface area contributed by atoms with E-state index in [2.05, 4.69) is 81.4 Å². The molecule has 1 aliphatic rings. The first-order valence-corrected chi connectivity index (χ1v) is 15.7. The average molecular weight is 509 g/mol. The fourth-order valence-electron chi connectivity index (χ4n) is 5.64. The van der Waals surface area contributed by atoms with Crippen LogP contribution in [0.15, 0.2) is 60.7 Å². The normalized spacial score (nSPS) is 19.7. The van der Waals surface area contributed by atoms with Crippen molar-refractivity contribution in [2.45, 2.75) is 111 Å². The highest BCUT2D eigenvalue weighted by molar-refractivity contribution is 6.99. The summed E-state index contributed by atoms with van der Waals surface area (Å²) in [6.07, 6.45) is 6.68. The summed E-state index contributed by atoms with van der Waals surface area (Å²) >= 11 is 0. The number of hydrogen-bond acceptors (Lipinski definition) is 3. The highest BCUT2D eigenvalue weighted by atomic mass is 28.4. The van der Waals surface area contributed by atoms with Gasteiger partial charge in [-0.2, -0.15) is 0 Å². The van der Waals surface area contributed by atoms with Gasteiger partial charge in [-0.05, 0) is 81.6 Å². The maximum absolute atomic E-state index is 12.8. The van der Waals surface area contributed by atoms with Crippen LogP contribution in [0, 0.1) is 11.3 Å². The van der Waals surface area contributed by atoms with Gasteiger partial charge in [0.15, 0.2) is 0 Å². The number of benzene rings is 2. The van der Waals surface area contributed by atoms with E-state index < -0.39 is 19.3 Å². The van der Waals surface area contributed by atoms with Crippen LogP contribution in [0.3, 0.4) is 0 Å². The Labute approximate surface area is 221 Å². The second kappa shape index (κ2) is 11.2. The number of rotatable bonds is 8. The molecule has 2 aromatic carbocycles. The third-order valence-electron chi connectivity index (χ3n) is 7.62. The van der Waals surface area contributed by atoms with Gasteiger partial charge in [0.05, 0.1) is 5.41 Å². The lowest BCUT2D eigenvalue weighted by atomic mass is 9.79. The lowest BCUT2D eigenvalue weighted by molar-refractivity contribution is -0.166. The number of carbonyl (C=O) groups excluding carboxylic acids is 1. The van der Waals surface area contributed by atoms with E-state index in [0.29, 0.717) is 5.92 Å². The van der Waals surface area contributed by atoms with E-state index >= 15 is 0 Å². The van der Waals surface area contributed by atoms with E-state index in [1.165, 1.54) is 23.2 Å². The Kier molecular flexibility index (Phi) is 8.94. The highest BCUT2D eigenvalue weighted by Gasteiger charge is 2.51. The molecule has 3 nitrogen and oxygen atoms in total. The molecule has 3 rings (SSSR count). The molecule has 0 unspecified atom stereocenters. The molecule has 0 bridgehead atoms. The molecule has 0 amide bonds. The minimum atomic E-state index is -2.54. The van der Waals surface area contributed by atoms with Crippen LogP contribution in [-0.2, 0) is 14.0 Å². The summed E-state index contributed by atoms with van der Waals surface area (Å²) in [4.78, 5) is 12.8. The van der Waals surface area contributed by atoms with Gasteiger partial charge in [-0.1, -0.05) is 94.3 Å². The Morgan fingerprint density at radius 3 is 1.83 bits per heavy atom. The van der Waals surface area contributed by atoms with Gasteiger partial charge in [0.2, 0.25) is 0 Å². The highest BCUT2D eigenvalue weighted by Crippen LogP contribution is 2.41. The molecule has 0 heterocycles. The summed E-state index contributed by atoms with van der Waals surface area (Å²) in [5.41, 5.74) is -0.924. The fraction of sp³-hybridized carbons (Fsp3) is 0.594. The maximum Gasteiger partial charge on any atom is 0.312 e. The van der Waals surface area contributed by atoms with E-state index in [0.717, 1.165) is 25.7 Å². The van der Waals surface area contributed by atoms with Gasteiger partial charge in [-0.15, -0.1) is 0 Å². The maximum atomic E-state index is 12.8. The van der Waals surface area contributed by atoms with Crippen LogP contribution in [-0.4, -0.2) is 26.0 Å².